The Kier molecular flexibility index (Phi) is 6.07. The molecule has 0 saturated heterocycles. The summed E-state index contributed by atoms with van der Waals surface area (Å²) in [6.45, 7) is 1.80. The highest BCUT2D eigenvalue weighted by Crippen LogP contribution is 2.29. The van der Waals surface area contributed by atoms with Gasteiger partial charge < -0.3 is 14.8 Å². The van der Waals surface area contributed by atoms with Crippen LogP contribution in [0.15, 0.2) is 53.4 Å². The Labute approximate surface area is 169 Å². The molecule has 2 aromatic carbocycles. The summed E-state index contributed by atoms with van der Waals surface area (Å²) >= 11 is 0. The average molecular weight is 418 g/mol. The lowest BCUT2D eigenvalue weighted by molar-refractivity contribution is -0.121. The number of rotatable bonds is 8. The molecular weight excluding hydrogens is 396 g/mol. The minimum Gasteiger partial charge on any atom is -0.497 e. The maximum atomic E-state index is 12.5. The maximum Gasteiger partial charge on any atom is 0.269 e. The average Bonchev–Trinajstić information content (AvgIpc) is 2.91. The van der Waals surface area contributed by atoms with Crippen molar-refractivity contribution in [3.8, 4) is 11.5 Å². The van der Waals surface area contributed by atoms with E-state index in [-0.39, 0.29) is 42.0 Å². The number of sulfonamides is 1. The van der Waals surface area contributed by atoms with Gasteiger partial charge >= 0.3 is 0 Å². The van der Waals surface area contributed by atoms with Crippen LogP contribution in [-0.4, -0.2) is 50.8 Å². The van der Waals surface area contributed by atoms with Gasteiger partial charge in [-0.25, -0.2) is 12.7 Å². The lowest BCUT2D eigenvalue weighted by atomic mass is 10.2. The van der Waals surface area contributed by atoms with Crippen LogP contribution in [0.25, 0.3) is 0 Å². The molecule has 0 fully saturated rings. The Balaban J connectivity index is 1.49. The topological polar surface area (TPSA) is 102 Å². The molecule has 0 unspecified atom stereocenters. The fourth-order valence-corrected chi connectivity index (χ4v) is 4.51. The van der Waals surface area contributed by atoms with Gasteiger partial charge in [0.25, 0.3) is 15.9 Å². The Hall–Kier alpha value is -3.07. The molecule has 2 amide bonds. The molecule has 1 N–H and O–H groups in total. The second-order valence-corrected chi connectivity index (χ2v) is 8.41. The van der Waals surface area contributed by atoms with Gasteiger partial charge in [-0.2, -0.15) is 0 Å². The van der Waals surface area contributed by atoms with Crippen molar-refractivity contribution in [2.75, 3.05) is 20.3 Å². The third-order valence-corrected chi connectivity index (χ3v) is 6.26. The summed E-state index contributed by atoms with van der Waals surface area (Å²) < 4.78 is 36.4. The van der Waals surface area contributed by atoms with Gasteiger partial charge in [0.15, 0.2) is 0 Å². The number of carbonyl (C=O) groups is 2. The molecule has 0 aliphatic carbocycles. The van der Waals surface area contributed by atoms with Gasteiger partial charge in [-0.3, -0.25) is 9.59 Å². The number of carbonyl (C=O) groups excluding carboxylic acids is 2. The van der Waals surface area contributed by atoms with Gasteiger partial charge in [-0.05, 0) is 43.3 Å². The van der Waals surface area contributed by atoms with Crippen LogP contribution in [0.5, 0.6) is 11.5 Å². The molecule has 154 valence electrons. The highest BCUT2D eigenvalue weighted by molar-refractivity contribution is 7.90. The molecule has 1 aliphatic rings. The summed E-state index contributed by atoms with van der Waals surface area (Å²) in [6, 6.07) is 12.8. The molecule has 8 nitrogen and oxygen atoms in total. The number of methoxy groups -OCH3 is 1. The number of fused-ring (bicyclic) bond motifs is 1. The van der Waals surface area contributed by atoms with Crippen molar-refractivity contribution in [2.45, 2.75) is 24.3 Å². The van der Waals surface area contributed by atoms with Crippen LogP contribution in [-0.2, 0) is 14.8 Å². The highest BCUT2D eigenvalue weighted by Gasteiger charge is 2.40. The first-order chi connectivity index (χ1) is 13.8. The van der Waals surface area contributed by atoms with Crippen molar-refractivity contribution in [1.29, 1.82) is 0 Å². The van der Waals surface area contributed by atoms with Crippen LogP contribution in [0.3, 0.4) is 0 Å². The van der Waals surface area contributed by atoms with E-state index in [9.17, 15) is 18.0 Å². The zero-order valence-electron chi connectivity index (χ0n) is 16.1. The Morgan fingerprint density at radius 3 is 2.41 bits per heavy atom. The Bertz CT molecular complexity index is 1000. The molecule has 29 heavy (non-hydrogen) atoms. The fraction of sp³-hybridized carbons (Fsp3) is 0.300. The molecule has 0 aromatic heterocycles. The van der Waals surface area contributed by atoms with Crippen LogP contribution < -0.4 is 14.8 Å². The second kappa shape index (κ2) is 8.52. The summed E-state index contributed by atoms with van der Waals surface area (Å²) in [6.07, 6.45) is -0.133. The number of ether oxygens (including phenoxy) is 2. The molecule has 0 bridgehead atoms. The van der Waals surface area contributed by atoms with Gasteiger partial charge in [0.1, 0.15) is 23.0 Å². The number of nitrogens with one attached hydrogen (secondary N) is 1. The van der Waals surface area contributed by atoms with E-state index >= 15 is 0 Å². The highest BCUT2D eigenvalue weighted by atomic mass is 32.2. The first kappa shape index (κ1) is 20.7. The molecule has 1 atom stereocenters. The van der Waals surface area contributed by atoms with E-state index < -0.39 is 15.9 Å². The maximum absolute atomic E-state index is 12.5. The number of benzene rings is 2. The van der Waals surface area contributed by atoms with Crippen molar-refractivity contribution in [3.63, 3.8) is 0 Å². The normalized spacial score (nSPS) is 15.5. The fourth-order valence-electron chi connectivity index (χ4n) is 2.94. The second-order valence-electron chi connectivity index (χ2n) is 6.58. The first-order valence-corrected chi connectivity index (χ1v) is 10.5. The molecule has 9 heteroatoms. The molecule has 1 heterocycles. The zero-order chi connectivity index (χ0) is 21.0. The third-order valence-electron chi connectivity index (χ3n) is 4.42. The minimum atomic E-state index is -3.90. The van der Waals surface area contributed by atoms with E-state index in [1.165, 1.54) is 12.1 Å². The van der Waals surface area contributed by atoms with Crippen molar-refractivity contribution in [2.24, 2.45) is 0 Å². The van der Waals surface area contributed by atoms with Gasteiger partial charge in [-0.15, -0.1) is 0 Å². The summed E-state index contributed by atoms with van der Waals surface area (Å²) in [7, 11) is -2.33. The van der Waals surface area contributed by atoms with E-state index in [0.29, 0.717) is 11.5 Å². The van der Waals surface area contributed by atoms with Crippen LogP contribution in [0.2, 0.25) is 0 Å². The summed E-state index contributed by atoms with van der Waals surface area (Å²) in [5.41, 5.74) is 0.133. The van der Waals surface area contributed by atoms with Crippen LogP contribution in [0.4, 0.5) is 0 Å². The lowest BCUT2D eigenvalue weighted by Crippen LogP contribution is -2.39. The third kappa shape index (κ3) is 4.51. The molecule has 1 aliphatic heterocycles. The molecule has 0 saturated carbocycles. The predicted molar refractivity (Wildman–Crippen MR) is 105 cm³/mol. The molecule has 2 aromatic rings. The van der Waals surface area contributed by atoms with Crippen LogP contribution >= 0.6 is 0 Å². The number of nitrogens with zero attached hydrogens (tertiary/aromatic N) is 1. The summed E-state index contributed by atoms with van der Waals surface area (Å²) in [5, 5.41) is 2.74. The van der Waals surface area contributed by atoms with Gasteiger partial charge in [0.05, 0.1) is 18.7 Å². The van der Waals surface area contributed by atoms with Gasteiger partial charge in [0, 0.05) is 13.0 Å². The molecule has 0 radical (unpaired) electrons. The van der Waals surface area contributed by atoms with E-state index in [1.807, 2.05) is 0 Å². The van der Waals surface area contributed by atoms with E-state index in [1.54, 1.807) is 50.4 Å². The standard InChI is InChI=1S/C20H22N2O6S/c1-14(13-28-16-9-7-15(27-2)8-10-16)21-19(23)11-12-22-20(24)17-5-3-4-6-18(17)29(22,25)26/h3-10,14H,11-13H2,1-2H3,(H,21,23)/t14-/m1/s1. The van der Waals surface area contributed by atoms with Crippen LogP contribution in [0.1, 0.15) is 23.7 Å². The first-order valence-electron chi connectivity index (χ1n) is 9.05. The largest absolute Gasteiger partial charge is 0.497 e. The summed E-state index contributed by atoms with van der Waals surface area (Å²) in [5.74, 6) is 0.379. The Morgan fingerprint density at radius 2 is 1.76 bits per heavy atom. The van der Waals surface area contributed by atoms with Crippen molar-refractivity contribution in [3.05, 3.63) is 54.1 Å². The number of hydrogen-bond acceptors (Lipinski definition) is 6. The molecular formula is C20H22N2O6S. The number of hydrogen-bond donors (Lipinski definition) is 1. The molecule has 3 rings (SSSR count). The minimum absolute atomic E-state index is 0.0216. The lowest BCUT2D eigenvalue weighted by Gasteiger charge is -2.17. The summed E-state index contributed by atoms with van der Waals surface area (Å²) in [4.78, 5) is 24.5. The van der Waals surface area contributed by atoms with E-state index in [4.69, 9.17) is 9.47 Å². The van der Waals surface area contributed by atoms with Crippen molar-refractivity contribution in [1.82, 2.24) is 9.62 Å². The predicted octanol–water partition coefficient (Wildman–Crippen LogP) is 1.81. The van der Waals surface area contributed by atoms with Gasteiger partial charge in [-0.1, -0.05) is 12.1 Å². The van der Waals surface area contributed by atoms with Gasteiger partial charge in [0.2, 0.25) is 5.91 Å². The van der Waals surface area contributed by atoms with Crippen molar-refractivity contribution < 1.29 is 27.5 Å². The zero-order valence-corrected chi connectivity index (χ0v) is 16.9. The van der Waals surface area contributed by atoms with Crippen molar-refractivity contribution >= 4 is 21.8 Å². The van der Waals surface area contributed by atoms with Crippen LogP contribution in [0, 0.1) is 0 Å². The van der Waals surface area contributed by atoms with E-state index in [2.05, 4.69) is 5.32 Å². The number of amides is 2. The quantitative estimate of drug-likeness (QED) is 0.702. The SMILES string of the molecule is COc1ccc(OC[C@@H](C)NC(=O)CCN2C(=O)c3ccccc3S2(=O)=O)cc1. The monoisotopic (exact) mass is 418 g/mol. The smallest absolute Gasteiger partial charge is 0.269 e. The van der Waals surface area contributed by atoms with E-state index in [0.717, 1.165) is 4.31 Å². The molecule has 0 spiro atoms. The Morgan fingerprint density at radius 1 is 1.10 bits per heavy atom.